The van der Waals surface area contributed by atoms with Crippen molar-refractivity contribution in [3.8, 4) is 17.0 Å². The standard InChI is InChI=1S/C18H18N4O2/c1-24-16-9-5-8-15(12-16)18(23)19-10-11-22-13-17(20-21-22)14-6-3-2-4-7-14/h2-9,12-13H,10-11H2,1H3,(H,19,23). The van der Waals surface area contributed by atoms with Crippen LogP contribution in [0.5, 0.6) is 5.75 Å². The molecule has 0 spiro atoms. The smallest absolute Gasteiger partial charge is 0.251 e. The van der Waals surface area contributed by atoms with Gasteiger partial charge in [0.05, 0.1) is 19.9 Å². The maximum atomic E-state index is 12.1. The zero-order valence-electron chi connectivity index (χ0n) is 13.3. The molecule has 0 radical (unpaired) electrons. The Labute approximate surface area is 140 Å². The van der Waals surface area contributed by atoms with Crippen LogP contribution in [-0.4, -0.2) is 34.6 Å². The predicted octanol–water partition coefficient (Wildman–Crippen LogP) is 2.38. The Hall–Kier alpha value is -3.15. The van der Waals surface area contributed by atoms with Crippen LogP contribution in [0.15, 0.2) is 60.8 Å². The first kappa shape index (κ1) is 15.7. The normalized spacial score (nSPS) is 10.4. The highest BCUT2D eigenvalue weighted by Crippen LogP contribution is 2.14. The van der Waals surface area contributed by atoms with Crippen molar-refractivity contribution in [1.29, 1.82) is 0 Å². The number of rotatable bonds is 6. The van der Waals surface area contributed by atoms with Crippen LogP contribution < -0.4 is 10.1 Å². The van der Waals surface area contributed by atoms with E-state index in [0.717, 1.165) is 11.3 Å². The van der Waals surface area contributed by atoms with Gasteiger partial charge in [-0.25, -0.2) is 0 Å². The summed E-state index contributed by atoms with van der Waals surface area (Å²) in [5.74, 6) is 0.517. The second kappa shape index (κ2) is 7.41. The molecule has 2 aromatic carbocycles. The topological polar surface area (TPSA) is 69.0 Å². The van der Waals surface area contributed by atoms with Gasteiger partial charge in [-0.1, -0.05) is 41.6 Å². The molecule has 0 saturated heterocycles. The van der Waals surface area contributed by atoms with Crippen LogP contribution in [0.1, 0.15) is 10.4 Å². The van der Waals surface area contributed by atoms with E-state index in [2.05, 4.69) is 15.6 Å². The van der Waals surface area contributed by atoms with E-state index in [1.54, 1.807) is 36.1 Å². The quantitative estimate of drug-likeness (QED) is 0.756. The third-order valence-corrected chi connectivity index (χ3v) is 3.57. The van der Waals surface area contributed by atoms with Crippen LogP contribution in [0.4, 0.5) is 0 Å². The van der Waals surface area contributed by atoms with Crippen molar-refractivity contribution < 1.29 is 9.53 Å². The number of hydrogen-bond acceptors (Lipinski definition) is 4. The number of amides is 1. The highest BCUT2D eigenvalue weighted by atomic mass is 16.5. The molecule has 1 heterocycles. The Morgan fingerprint density at radius 2 is 2.00 bits per heavy atom. The number of aromatic nitrogens is 3. The summed E-state index contributed by atoms with van der Waals surface area (Å²) >= 11 is 0. The lowest BCUT2D eigenvalue weighted by molar-refractivity contribution is 0.0951. The molecule has 0 saturated carbocycles. The van der Waals surface area contributed by atoms with Crippen molar-refractivity contribution in [3.05, 3.63) is 66.4 Å². The van der Waals surface area contributed by atoms with Crippen molar-refractivity contribution in [2.45, 2.75) is 6.54 Å². The van der Waals surface area contributed by atoms with Crippen molar-refractivity contribution >= 4 is 5.91 Å². The summed E-state index contributed by atoms with van der Waals surface area (Å²) in [6.07, 6.45) is 1.87. The number of carbonyl (C=O) groups excluding carboxylic acids is 1. The molecule has 1 aromatic heterocycles. The largest absolute Gasteiger partial charge is 0.497 e. The lowest BCUT2D eigenvalue weighted by atomic mass is 10.2. The first-order valence-electron chi connectivity index (χ1n) is 7.64. The van der Waals surface area contributed by atoms with Gasteiger partial charge in [0, 0.05) is 17.7 Å². The van der Waals surface area contributed by atoms with E-state index < -0.39 is 0 Å². The van der Waals surface area contributed by atoms with Gasteiger partial charge in [-0.3, -0.25) is 9.48 Å². The van der Waals surface area contributed by atoms with Gasteiger partial charge in [-0.05, 0) is 18.2 Å². The van der Waals surface area contributed by atoms with Crippen molar-refractivity contribution in [1.82, 2.24) is 20.3 Å². The van der Waals surface area contributed by atoms with Gasteiger partial charge in [0.2, 0.25) is 0 Å². The lowest BCUT2D eigenvalue weighted by Gasteiger charge is -2.06. The van der Waals surface area contributed by atoms with Crippen molar-refractivity contribution in [2.24, 2.45) is 0 Å². The van der Waals surface area contributed by atoms with Gasteiger partial charge in [-0.2, -0.15) is 0 Å². The minimum absolute atomic E-state index is 0.141. The molecular formula is C18H18N4O2. The Kier molecular flexibility index (Phi) is 4.86. The SMILES string of the molecule is COc1cccc(C(=O)NCCn2cc(-c3ccccc3)nn2)c1. The summed E-state index contributed by atoms with van der Waals surface area (Å²) in [6, 6.07) is 16.9. The van der Waals surface area contributed by atoms with E-state index in [9.17, 15) is 4.79 Å². The zero-order chi connectivity index (χ0) is 16.8. The van der Waals surface area contributed by atoms with Gasteiger partial charge in [0.1, 0.15) is 11.4 Å². The van der Waals surface area contributed by atoms with Crippen LogP contribution in [0, 0.1) is 0 Å². The molecule has 24 heavy (non-hydrogen) atoms. The fraction of sp³-hybridized carbons (Fsp3) is 0.167. The minimum Gasteiger partial charge on any atom is -0.497 e. The Morgan fingerprint density at radius 3 is 2.79 bits per heavy atom. The number of benzene rings is 2. The maximum Gasteiger partial charge on any atom is 0.251 e. The molecule has 0 atom stereocenters. The molecule has 0 aliphatic heterocycles. The van der Waals surface area contributed by atoms with Gasteiger partial charge < -0.3 is 10.1 Å². The van der Waals surface area contributed by atoms with E-state index in [0.29, 0.717) is 24.4 Å². The number of nitrogens with one attached hydrogen (secondary N) is 1. The maximum absolute atomic E-state index is 12.1. The van der Waals surface area contributed by atoms with E-state index >= 15 is 0 Å². The van der Waals surface area contributed by atoms with E-state index in [4.69, 9.17) is 4.74 Å². The Bertz CT molecular complexity index is 815. The average Bonchev–Trinajstić information content (AvgIpc) is 3.11. The third-order valence-electron chi connectivity index (χ3n) is 3.57. The molecule has 0 aliphatic carbocycles. The van der Waals surface area contributed by atoms with Crippen molar-refractivity contribution in [3.63, 3.8) is 0 Å². The number of ether oxygens (including phenoxy) is 1. The van der Waals surface area contributed by atoms with Crippen LogP contribution in [0.2, 0.25) is 0 Å². The fourth-order valence-corrected chi connectivity index (χ4v) is 2.30. The molecule has 3 aromatic rings. The number of nitrogens with zero attached hydrogens (tertiary/aromatic N) is 3. The zero-order valence-corrected chi connectivity index (χ0v) is 13.3. The Morgan fingerprint density at radius 1 is 1.17 bits per heavy atom. The number of hydrogen-bond donors (Lipinski definition) is 1. The molecule has 1 amide bonds. The van der Waals surface area contributed by atoms with Crippen molar-refractivity contribution in [2.75, 3.05) is 13.7 Å². The summed E-state index contributed by atoms with van der Waals surface area (Å²) in [6.45, 7) is 1.02. The van der Waals surface area contributed by atoms with E-state index in [-0.39, 0.29) is 5.91 Å². The van der Waals surface area contributed by atoms with E-state index in [1.165, 1.54) is 0 Å². The van der Waals surface area contributed by atoms with Crippen LogP contribution >= 0.6 is 0 Å². The molecule has 122 valence electrons. The van der Waals surface area contributed by atoms with Gasteiger partial charge in [-0.15, -0.1) is 5.10 Å². The molecule has 0 bridgehead atoms. The highest BCUT2D eigenvalue weighted by Gasteiger charge is 2.07. The first-order chi connectivity index (χ1) is 11.8. The van der Waals surface area contributed by atoms with Gasteiger partial charge >= 0.3 is 0 Å². The average molecular weight is 322 g/mol. The second-order valence-electron chi connectivity index (χ2n) is 5.22. The molecule has 0 unspecified atom stereocenters. The predicted molar refractivity (Wildman–Crippen MR) is 90.8 cm³/mol. The van der Waals surface area contributed by atoms with Crippen LogP contribution in [0.3, 0.4) is 0 Å². The van der Waals surface area contributed by atoms with Gasteiger partial charge in [0.25, 0.3) is 5.91 Å². The summed E-state index contributed by atoms with van der Waals surface area (Å²) < 4.78 is 6.84. The highest BCUT2D eigenvalue weighted by molar-refractivity contribution is 5.94. The second-order valence-corrected chi connectivity index (χ2v) is 5.22. The monoisotopic (exact) mass is 322 g/mol. The number of carbonyl (C=O) groups is 1. The minimum atomic E-state index is -0.141. The van der Waals surface area contributed by atoms with Crippen LogP contribution in [0.25, 0.3) is 11.3 Å². The summed E-state index contributed by atoms with van der Waals surface area (Å²) in [5.41, 5.74) is 2.40. The molecule has 0 aliphatic rings. The van der Waals surface area contributed by atoms with Gasteiger partial charge in [0.15, 0.2) is 0 Å². The molecule has 0 fully saturated rings. The van der Waals surface area contributed by atoms with Crippen LogP contribution in [-0.2, 0) is 6.54 Å². The summed E-state index contributed by atoms with van der Waals surface area (Å²) in [5, 5.41) is 11.1. The number of methoxy groups -OCH3 is 1. The third kappa shape index (κ3) is 3.78. The lowest BCUT2D eigenvalue weighted by Crippen LogP contribution is -2.27. The Balaban J connectivity index is 1.55. The molecular weight excluding hydrogens is 304 g/mol. The van der Waals surface area contributed by atoms with E-state index in [1.807, 2.05) is 36.5 Å². The fourth-order valence-electron chi connectivity index (χ4n) is 2.30. The summed E-state index contributed by atoms with van der Waals surface area (Å²) in [7, 11) is 1.58. The molecule has 6 nitrogen and oxygen atoms in total. The molecule has 1 N–H and O–H groups in total. The first-order valence-corrected chi connectivity index (χ1v) is 7.64. The molecule has 6 heteroatoms. The summed E-state index contributed by atoms with van der Waals surface area (Å²) in [4.78, 5) is 12.1. The molecule has 3 rings (SSSR count).